The monoisotopic (exact) mass is 265 g/mol. The van der Waals surface area contributed by atoms with Gasteiger partial charge < -0.3 is 20.3 Å². The van der Waals surface area contributed by atoms with Crippen molar-refractivity contribution in [3.8, 4) is 11.5 Å². The summed E-state index contributed by atoms with van der Waals surface area (Å²) in [5.74, 6) is -0.967. The number of aromatic hydroxyl groups is 2. The predicted octanol–water partition coefficient (Wildman–Crippen LogP) is 0.832. The first-order chi connectivity index (χ1) is 8.93. The summed E-state index contributed by atoms with van der Waals surface area (Å²) in [7, 11) is 0. The van der Waals surface area contributed by atoms with Crippen LogP contribution in [-0.2, 0) is 20.7 Å². The van der Waals surface area contributed by atoms with Gasteiger partial charge in [-0.05, 0) is 24.6 Å². The number of phenols is 2. The maximum Gasteiger partial charge on any atom is 0.295 e. The lowest BCUT2D eigenvalue weighted by Gasteiger charge is -2.17. The van der Waals surface area contributed by atoms with Gasteiger partial charge >= 0.3 is 0 Å². The van der Waals surface area contributed by atoms with E-state index in [1.807, 2.05) is 0 Å². The lowest BCUT2D eigenvalue weighted by molar-refractivity contribution is -0.137. The summed E-state index contributed by atoms with van der Waals surface area (Å²) in [6, 6.07) is 4.18. The summed E-state index contributed by atoms with van der Waals surface area (Å²) in [4.78, 5) is 21.8. The Morgan fingerprint density at radius 3 is 2.68 bits per heavy atom. The molecule has 0 spiro atoms. The third-order valence-corrected chi connectivity index (χ3v) is 2.36. The molecule has 1 atom stereocenters. The molecule has 19 heavy (non-hydrogen) atoms. The molecule has 0 aliphatic heterocycles. The number of rotatable bonds is 6. The van der Waals surface area contributed by atoms with Crippen molar-refractivity contribution in [2.24, 2.45) is 0 Å². The van der Waals surface area contributed by atoms with Crippen LogP contribution in [0.4, 0.5) is 0 Å². The van der Waals surface area contributed by atoms with Gasteiger partial charge in [0.25, 0.3) is 6.47 Å². The second-order valence-electron chi connectivity index (χ2n) is 4.00. The molecule has 1 unspecified atom stereocenters. The van der Waals surface area contributed by atoms with Crippen LogP contribution in [0.15, 0.2) is 30.4 Å². The molecule has 1 aromatic carbocycles. The lowest BCUT2D eigenvalue weighted by Crippen LogP contribution is -2.38. The molecule has 0 aliphatic carbocycles. The van der Waals surface area contributed by atoms with Gasteiger partial charge in [-0.3, -0.25) is 9.59 Å². The molecular weight excluding hydrogens is 250 g/mol. The molecule has 3 N–H and O–H groups in total. The molecule has 6 nitrogen and oxygen atoms in total. The smallest absolute Gasteiger partial charge is 0.295 e. The Balaban J connectivity index is 2.77. The average Bonchev–Trinajstić information content (AvgIpc) is 2.34. The molecule has 1 amide bonds. The van der Waals surface area contributed by atoms with Crippen LogP contribution >= 0.6 is 0 Å². The number of phenolic OH excluding ortho intramolecular Hbond substituents is 2. The van der Waals surface area contributed by atoms with E-state index in [1.54, 1.807) is 6.07 Å². The van der Waals surface area contributed by atoms with Crippen LogP contribution in [0.5, 0.6) is 11.5 Å². The summed E-state index contributed by atoms with van der Waals surface area (Å²) in [6.45, 7) is 5.23. The molecule has 0 aliphatic rings. The molecule has 0 radical (unpaired) electrons. The highest BCUT2D eigenvalue weighted by Gasteiger charge is 2.15. The Morgan fingerprint density at radius 2 is 2.16 bits per heavy atom. The maximum atomic E-state index is 11.4. The van der Waals surface area contributed by atoms with Crippen molar-refractivity contribution in [3.63, 3.8) is 0 Å². The molecule has 1 rings (SSSR count). The number of ether oxygens (including phenoxy) is 1. The predicted molar refractivity (Wildman–Crippen MR) is 67.4 cm³/mol. The molecular formula is C13H15NO5. The maximum absolute atomic E-state index is 11.4. The standard InChI is InChI=1S/C13H15NO5/c1-8(2)13(18)14-12(19-7-15)6-9-3-4-10(16)11(17)5-9/h3-5,7,12,16-17H,1,6H2,2H3,(H,14,18). The number of carbonyl (C=O) groups is 2. The molecule has 102 valence electrons. The van der Waals surface area contributed by atoms with E-state index in [0.29, 0.717) is 5.56 Å². The second kappa shape index (κ2) is 6.44. The van der Waals surface area contributed by atoms with Crippen molar-refractivity contribution in [2.45, 2.75) is 19.6 Å². The summed E-state index contributed by atoms with van der Waals surface area (Å²) < 4.78 is 4.74. The van der Waals surface area contributed by atoms with Crippen LogP contribution in [0.2, 0.25) is 0 Å². The summed E-state index contributed by atoms with van der Waals surface area (Å²) in [6.07, 6.45) is -0.711. The third kappa shape index (κ3) is 4.34. The van der Waals surface area contributed by atoms with Crippen LogP contribution in [0.25, 0.3) is 0 Å². The van der Waals surface area contributed by atoms with Gasteiger partial charge in [-0.1, -0.05) is 12.6 Å². The van der Waals surface area contributed by atoms with Gasteiger partial charge in [0.1, 0.15) is 0 Å². The van der Waals surface area contributed by atoms with Crippen molar-refractivity contribution in [3.05, 3.63) is 35.9 Å². The molecule has 0 heterocycles. The van der Waals surface area contributed by atoms with Gasteiger partial charge in [0.2, 0.25) is 5.91 Å². The normalized spacial score (nSPS) is 11.4. The number of hydrogen-bond donors (Lipinski definition) is 3. The van der Waals surface area contributed by atoms with E-state index in [0.717, 1.165) is 0 Å². The Kier molecular flexibility index (Phi) is 4.93. The molecule has 0 bridgehead atoms. The molecule has 1 aromatic rings. The van der Waals surface area contributed by atoms with E-state index in [9.17, 15) is 19.8 Å². The minimum absolute atomic E-state index is 0.158. The fourth-order valence-corrected chi connectivity index (χ4v) is 1.38. The van der Waals surface area contributed by atoms with Crippen LogP contribution in [0, 0.1) is 0 Å². The molecule has 0 aromatic heterocycles. The number of benzene rings is 1. The highest BCUT2D eigenvalue weighted by atomic mass is 16.5. The van der Waals surface area contributed by atoms with Crippen LogP contribution < -0.4 is 5.32 Å². The number of carbonyl (C=O) groups excluding carboxylic acids is 2. The topological polar surface area (TPSA) is 95.9 Å². The zero-order valence-electron chi connectivity index (χ0n) is 10.4. The Morgan fingerprint density at radius 1 is 1.47 bits per heavy atom. The van der Waals surface area contributed by atoms with Gasteiger partial charge in [0, 0.05) is 12.0 Å². The minimum atomic E-state index is -0.870. The number of amides is 1. The van der Waals surface area contributed by atoms with Crippen LogP contribution in [0.3, 0.4) is 0 Å². The molecule has 0 fully saturated rings. The third-order valence-electron chi connectivity index (χ3n) is 2.36. The van der Waals surface area contributed by atoms with E-state index in [-0.39, 0.29) is 30.0 Å². The molecule has 0 saturated heterocycles. The number of nitrogens with one attached hydrogen (secondary N) is 1. The van der Waals surface area contributed by atoms with Gasteiger partial charge in [0.05, 0.1) is 0 Å². The number of hydrogen-bond acceptors (Lipinski definition) is 5. The molecule has 6 heteroatoms. The average molecular weight is 265 g/mol. The second-order valence-corrected chi connectivity index (χ2v) is 4.00. The van der Waals surface area contributed by atoms with E-state index >= 15 is 0 Å². The van der Waals surface area contributed by atoms with Crippen LogP contribution in [-0.4, -0.2) is 28.8 Å². The fourth-order valence-electron chi connectivity index (χ4n) is 1.38. The Hall–Kier alpha value is -2.50. The van der Waals surface area contributed by atoms with E-state index in [1.165, 1.54) is 19.1 Å². The summed E-state index contributed by atoms with van der Waals surface area (Å²) in [5, 5.41) is 21.0. The summed E-state index contributed by atoms with van der Waals surface area (Å²) >= 11 is 0. The summed E-state index contributed by atoms with van der Waals surface area (Å²) in [5.41, 5.74) is 0.872. The highest BCUT2D eigenvalue weighted by Crippen LogP contribution is 2.25. The van der Waals surface area contributed by atoms with E-state index < -0.39 is 12.1 Å². The first kappa shape index (κ1) is 14.6. The van der Waals surface area contributed by atoms with Gasteiger partial charge in [-0.15, -0.1) is 0 Å². The Bertz CT molecular complexity index is 498. The van der Waals surface area contributed by atoms with Crippen molar-refractivity contribution < 1.29 is 24.5 Å². The lowest BCUT2D eigenvalue weighted by atomic mass is 10.1. The van der Waals surface area contributed by atoms with Crippen molar-refractivity contribution in [1.29, 1.82) is 0 Å². The van der Waals surface area contributed by atoms with Crippen molar-refractivity contribution in [2.75, 3.05) is 0 Å². The van der Waals surface area contributed by atoms with Gasteiger partial charge in [0.15, 0.2) is 17.7 Å². The first-order valence-corrected chi connectivity index (χ1v) is 5.50. The largest absolute Gasteiger partial charge is 0.504 e. The minimum Gasteiger partial charge on any atom is -0.504 e. The fraction of sp³-hybridized carbons (Fsp3) is 0.231. The SMILES string of the molecule is C=C(C)C(=O)NC(Cc1ccc(O)c(O)c1)OC=O. The highest BCUT2D eigenvalue weighted by molar-refractivity contribution is 5.92. The first-order valence-electron chi connectivity index (χ1n) is 5.50. The van der Waals surface area contributed by atoms with E-state index in [4.69, 9.17) is 4.74 Å². The van der Waals surface area contributed by atoms with Crippen LogP contribution in [0.1, 0.15) is 12.5 Å². The van der Waals surface area contributed by atoms with Gasteiger partial charge in [-0.2, -0.15) is 0 Å². The van der Waals surface area contributed by atoms with Gasteiger partial charge in [-0.25, -0.2) is 0 Å². The quantitative estimate of drug-likeness (QED) is 0.306. The van der Waals surface area contributed by atoms with Crippen molar-refractivity contribution >= 4 is 12.4 Å². The zero-order chi connectivity index (χ0) is 14.4. The molecule has 0 saturated carbocycles. The zero-order valence-corrected chi connectivity index (χ0v) is 10.4. The Labute approximate surface area is 110 Å². The van der Waals surface area contributed by atoms with Crippen molar-refractivity contribution in [1.82, 2.24) is 5.32 Å². The van der Waals surface area contributed by atoms with E-state index in [2.05, 4.69) is 11.9 Å².